The summed E-state index contributed by atoms with van der Waals surface area (Å²) in [5.74, 6) is 1.91. The molecule has 9 aromatic carbocycles. The molecule has 55 heavy (non-hydrogen) atoms. The molecule has 0 saturated heterocycles. The molecule has 0 N–H and O–H groups in total. The summed E-state index contributed by atoms with van der Waals surface area (Å²) in [7, 11) is 0. The van der Waals surface area contributed by atoms with Crippen LogP contribution in [0, 0.1) is 0 Å². The highest BCUT2D eigenvalue weighted by molar-refractivity contribution is 6.28. The summed E-state index contributed by atoms with van der Waals surface area (Å²) in [5.41, 5.74) is 8.56. The van der Waals surface area contributed by atoms with E-state index >= 15 is 0 Å². The second-order valence-electron chi connectivity index (χ2n) is 14.0. The molecule has 0 unspecified atom stereocenters. The number of rotatable bonds is 5. The van der Waals surface area contributed by atoms with Gasteiger partial charge in [0.25, 0.3) is 0 Å². The predicted octanol–water partition coefficient (Wildman–Crippen LogP) is 13.1. The van der Waals surface area contributed by atoms with Crippen LogP contribution in [0.2, 0.25) is 0 Å². The van der Waals surface area contributed by atoms with Crippen LogP contribution in [0.25, 0.3) is 105 Å². The maximum absolute atomic E-state index is 5.30. The van der Waals surface area contributed by atoms with Crippen molar-refractivity contribution in [2.24, 2.45) is 0 Å². The molecular weight excluding hydrogens is 669 g/mol. The average Bonchev–Trinajstić information content (AvgIpc) is 3.60. The zero-order valence-electron chi connectivity index (χ0n) is 29.8. The Hall–Kier alpha value is -7.43. The molecule has 0 saturated carbocycles. The van der Waals surface area contributed by atoms with Gasteiger partial charge in [0.1, 0.15) is 0 Å². The van der Waals surface area contributed by atoms with Gasteiger partial charge >= 0.3 is 0 Å². The monoisotopic (exact) mass is 700 g/mol. The molecule has 0 aliphatic heterocycles. The molecule has 256 valence electrons. The third-order valence-electron chi connectivity index (χ3n) is 10.8. The van der Waals surface area contributed by atoms with Crippen LogP contribution in [0.1, 0.15) is 0 Å². The number of benzene rings is 9. The SMILES string of the molecule is c1ccc(-c2ccc3c(c2)c2ccccc2n3-c2cc(-c3nc(-c4ccccc4)nc(-c4ccccc4)n3)c3c4ccccc4c4ccccc4c3c2)cc1. The summed E-state index contributed by atoms with van der Waals surface area (Å²) in [6.45, 7) is 0. The summed E-state index contributed by atoms with van der Waals surface area (Å²) in [5, 5.41) is 9.45. The molecule has 11 rings (SSSR count). The molecule has 0 atom stereocenters. The van der Waals surface area contributed by atoms with E-state index in [1.165, 1.54) is 38.1 Å². The van der Waals surface area contributed by atoms with Crippen molar-refractivity contribution in [2.45, 2.75) is 0 Å². The third kappa shape index (κ3) is 5.11. The standard InChI is InChI=1S/C51H32N4/c1-4-16-33(17-5-1)36-28-29-47-43(30-36)41-25-14-15-27-46(41)55(47)37-31-44-40-24-11-10-22-38(40)39-23-12-13-26-42(39)48(44)45(32-37)51-53-49(34-18-6-2-7-19-34)52-50(54-51)35-20-8-3-9-21-35/h1-32H. The highest BCUT2D eigenvalue weighted by Crippen LogP contribution is 2.43. The van der Waals surface area contributed by atoms with E-state index in [1.807, 2.05) is 36.4 Å². The fourth-order valence-corrected chi connectivity index (χ4v) is 8.31. The lowest BCUT2D eigenvalue weighted by Gasteiger charge is -2.18. The van der Waals surface area contributed by atoms with Crippen molar-refractivity contribution in [1.29, 1.82) is 0 Å². The summed E-state index contributed by atoms with van der Waals surface area (Å²) in [6.07, 6.45) is 0. The number of hydrogen-bond donors (Lipinski definition) is 0. The van der Waals surface area contributed by atoms with Gasteiger partial charge in [-0.3, -0.25) is 0 Å². The highest BCUT2D eigenvalue weighted by atomic mass is 15.0. The van der Waals surface area contributed by atoms with E-state index in [1.54, 1.807) is 0 Å². The van der Waals surface area contributed by atoms with Crippen LogP contribution in [0.5, 0.6) is 0 Å². The Morgan fingerprint density at radius 1 is 0.291 bits per heavy atom. The molecular formula is C51H32N4. The Kier molecular flexibility index (Phi) is 7.14. The Bertz CT molecular complexity index is 3180. The molecule has 0 spiro atoms. The lowest BCUT2D eigenvalue weighted by atomic mass is 9.91. The minimum atomic E-state index is 0.632. The lowest BCUT2D eigenvalue weighted by Crippen LogP contribution is -2.02. The number of fused-ring (bicyclic) bond motifs is 9. The van der Waals surface area contributed by atoms with Crippen LogP contribution in [0.15, 0.2) is 194 Å². The van der Waals surface area contributed by atoms with E-state index in [0.29, 0.717) is 17.5 Å². The van der Waals surface area contributed by atoms with E-state index in [0.717, 1.165) is 49.6 Å². The van der Waals surface area contributed by atoms with Crippen molar-refractivity contribution in [2.75, 3.05) is 0 Å². The van der Waals surface area contributed by atoms with Gasteiger partial charge < -0.3 is 4.57 Å². The van der Waals surface area contributed by atoms with Crippen molar-refractivity contribution in [3.63, 3.8) is 0 Å². The molecule has 11 aromatic rings. The predicted molar refractivity (Wildman–Crippen MR) is 228 cm³/mol. The van der Waals surface area contributed by atoms with Crippen LogP contribution in [0.3, 0.4) is 0 Å². The first-order valence-electron chi connectivity index (χ1n) is 18.6. The zero-order valence-corrected chi connectivity index (χ0v) is 29.8. The Morgan fingerprint density at radius 2 is 0.764 bits per heavy atom. The molecule has 4 heteroatoms. The maximum atomic E-state index is 5.30. The topological polar surface area (TPSA) is 43.6 Å². The van der Waals surface area contributed by atoms with Gasteiger partial charge in [-0.15, -0.1) is 0 Å². The van der Waals surface area contributed by atoms with E-state index in [4.69, 9.17) is 15.0 Å². The van der Waals surface area contributed by atoms with Crippen LogP contribution in [-0.2, 0) is 0 Å². The molecule has 0 bridgehead atoms. The molecule has 0 fully saturated rings. The summed E-state index contributed by atoms with van der Waals surface area (Å²) in [6, 6.07) is 68.7. The molecule has 2 aromatic heterocycles. The molecule has 4 nitrogen and oxygen atoms in total. The van der Waals surface area contributed by atoms with Crippen molar-refractivity contribution < 1.29 is 0 Å². The molecule has 0 aliphatic rings. The Balaban J connectivity index is 1.28. The van der Waals surface area contributed by atoms with Crippen LogP contribution >= 0.6 is 0 Å². The fourth-order valence-electron chi connectivity index (χ4n) is 8.31. The Labute approximate surface area is 317 Å². The van der Waals surface area contributed by atoms with Crippen molar-refractivity contribution in [3.05, 3.63) is 194 Å². The van der Waals surface area contributed by atoms with Gasteiger partial charge in [0, 0.05) is 38.5 Å². The van der Waals surface area contributed by atoms with Crippen molar-refractivity contribution in [3.8, 4) is 51.0 Å². The normalized spacial score (nSPS) is 11.6. The first-order chi connectivity index (χ1) is 27.3. The van der Waals surface area contributed by atoms with E-state index < -0.39 is 0 Å². The second kappa shape index (κ2) is 12.6. The first-order valence-corrected chi connectivity index (χ1v) is 18.6. The third-order valence-corrected chi connectivity index (χ3v) is 10.8. The quantitative estimate of drug-likeness (QED) is 0.168. The smallest absolute Gasteiger partial charge is 0.164 e. The minimum Gasteiger partial charge on any atom is -0.309 e. The van der Waals surface area contributed by atoms with Gasteiger partial charge in [0.15, 0.2) is 17.5 Å². The van der Waals surface area contributed by atoms with Crippen LogP contribution in [-0.4, -0.2) is 19.5 Å². The van der Waals surface area contributed by atoms with Crippen LogP contribution < -0.4 is 0 Å². The fraction of sp³-hybridized carbons (Fsp3) is 0. The first kappa shape index (κ1) is 31.1. The highest BCUT2D eigenvalue weighted by Gasteiger charge is 2.21. The van der Waals surface area contributed by atoms with Gasteiger partial charge in [-0.05, 0) is 68.4 Å². The number of aromatic nitrogens is 4. The van der Waals surface area contributed by atoms with Gasteiger partial charge in [0.05, 0.1) is 11.0 Å². The molecule has 2 heterocycles. The summed E-state index contributed by atoms with van der Waals surface area (Å²) < 4.78 is 2.41. The summed E-state index contributed by atoms with van der Waals surface area (Å²) >= 11 is 0. The maximum Gasteiger partial charge on any atom is 0.164 e. The largest absolute Gasteiger partial charge is 0.309 e. The molecule has 0 aliphatic carbocycles. The van der Waals surface area contributed by atoms with E-state index in [9.17, 15) is 0 Å². The van der Waals surface area contributed by atoms with E-state index in [2.05, 4.69) is 162 Å². The Morgan fingerprint density at radius 3 is 1.40 bits per heavy atom. The van der Waals surface area contributed by atoms with Gasteiger partial charge in [-0.25, -0.2) is 15.0 Å². The van der Waals surface area contributed by atoms with Gasteiger partial charge in [-0.1, -0.05) is 164 Å². The number of nitrogens with zero attached hydrogens (tertiary/aromatic N) is 4. The molecule has 0 radical (unpaired) electrons. The van der Waals surface area contributed by atoms with Crippen molar-refractivity contribution in [1.82, 2.24) is 19.5 Å². The lowest BCUT2D eigenvalue weighted by molar-refractivity contribution is 1.07. The summed E-state index contributed by atoms with van der Waals surface area (Å²) in [4.78, 5) is 15.6. The van der Waals surface area contributed by atoms with Crippen LogP contribution in [0.4, 0.5) is 0 Å². The molecule has 0 amide bonds. The van der Waals surface area contributed by atoms with Gasteiger partial charge in [0.2, 0.25) is 0 Å². The van der Waals surface area contributed by atoms with Crippen molar-refractivity contribution >= 4 is 54.1 Å². The zero-order chi connectivity index (χ0) is 36.3. The van der Waals surface area contributed by atoms with E-state index in [-0.39, 0.29) is 0 Å². The number of para-hydroxylation sites is 1. The van der Waals surface area contributed by atoms with Gasteiger partial charge in [-0.2, -0.15) is 0 Å². The second-order valence-corrected chi connectivity index (χ2v) is 14.0. The minimum absolute atomic E-state index is 0.632. The average molecular weight is 701 g/mol. The number of hydrogen-bond acceptors (Lipinski definition) is 3.